The molecular formula is C46H31NO. The van der Waals surface area contributed by atoms with Gasteiger partial charge in [-0.25, -0.2) is 0 Å². The van der Waals surface area contributed by atoms with Crippen LogP contribution in [0.3, 0.4) is 0 Å². The number of furan rings is 1. The Labute approximate surface area is 279 Å². The van der Waals surface area contributed by atoms with E-state index in [1.165, 1.54) is 27.8 Å². The Bertz CT molecular complexity index is 2550. The first kappa shape index (κ1) is 27.9. The van der Waals surface area contributed by atoms with Gasteiger partial charge in [-0.3, -0.25) is 0 Å². The zero-order chi connectivity index (χ0) is 31.9. The van der Waals surface area contributed by atoms with E-state index in [4.69, 9.17) is 4.42 Å². The Morgan fingerprint density at radius 2 is 0.917 bits per heavy atom. The van der Waals surface area contributed by atoms with Crippen LogP contribution in [0.4, 0.5) is 17.1 Å². The highest BCUT2D eigenvalue weighted by atomic mass is 16.3. The summed E-state index contributed by atoms with van der Waals surface area (Å²) in [4.78, 5) is 2.38. The summed E-state index contributed by atoms with van der Waals surface area (Å²) in [6.07, 6.45) is 0. The SMILES string of the molecule is c1ccc(-c2cccc(N(c3ccccc3)c3cc4c(oc5cccc(-c6ccccc6-c6ccccc6)c54)c4ccccc34)c2)cc1. The maximum absolute atomic E-state index is 6.78. The molecule has 0 unspecified atom stereocenters. The molecule has 1 aromatic heterocycles. The lowest BCUT2D eigenvalue weighted by Gasteiger charge is -2.27. The summed E-state index contributed by atoms with van der Waals surface area (Å²) in [6, 6.07) is 66.7. The van der Waals surface area contributed by atoms with Gasteiger partial charge in [0.05, 0.1) is 5.69 Å². The van der Waals surface area contributed by atoms with Crippen LogP contribution in [0.25, 0.3) is 66.1 Å². The first-order valence-electron chi connectivity index (χ1n) is 16.4. The Kier molecular flexibility index (Phi) is 6.84. The molecule has 0 saturated carbocycles. The first-order chi connectivity index (χ1) is 23.8. The van der Waals surface area contributed by atoms with Crippen molar-refractivity contribution in [3.05, 3.63) is 188 Å². The van der Waals surface area contributed by atoms with E-state index in [0.717, 1.165) is 55.3 Å². The molecule has 0 amide bonds. The minimum atomic E-state index is 0.880. The smallest absolute Gasteiger partial charge is 0.143 e. The zero-order valence-corrected chi connectivity index (χ0v) is 26.3. The van der Waals surface area contributed by atoms with E-state index in [-0.39, 0.29) is 0 Å². The minimum absolute atomic E-state index is 0.880. The number of fused-ring (bicyclic) bond motifs is 5. The highest BCUT2D eigenvalue weighted by Gasteiger charge is 2.22. The molecule has 2 heteroatoms. The Hall–Kier alpha value is -6.38. The summed E-state index contributed by atoms with van der Waals surface area (Å²) < 4.78 is 6.78. The lowest BCUT2D eigenvalue weighted by atomic mass is 9.91. The van der Waals surface area contributed by atoms with Crippen LogP contribution in [0.1, 0.15) is 0 Å². The highest BCUT2D eigenvalue weighted by Crippen LogP contribution is 2.47. The second kappa shape index (κ2) is 11.8. The van der Waals surface area contributed by atoms with E-state index in [1.807, 2.05) is 0 Å². The molecule has 0 radical (unpaired) electrons. The van der Waals surface area contributed by atoms with Crippen LogP contribution < -0.4 is 4.90 Å². The second-order valence-corrected chi connectivity index (χ2v) is 12.1. The molecular weight excluding hydrogens is 583 g/mol. The number of para-hydroxylation sites is 1. The van der Waals surface area contributed by atoms with Gasteiger partial charge in [0, 0.05) is 32.9 Å². The minimum Gasteiger partial charge on any atom is -0.455 e. The van der Waals surface area contributed by atoms with Gasteiger partial charge in [-0.2, -0.15) is 0 Å². The van der Waals surface area contributed by atoms with E-state index in [0.29, 0.717) is 0 Å². The number of nitrogens with zero attached hydrogens (tertiary/aromatic N) is 1. The summed E-state index contributed by atoms with van der Waals surface area (Å²) >= 11 is 0. The van der Waals surface area contributed by atoms with Crippen LogP contribution in [-0.2, 0) is 0 Å². The molecule has 9 rings (SSSR count). The van der Waals surface area contributed by atoms with Gasteiger partial charge >= 0.3 is 0 Å². The van der Waals surface area contributed by atoms with Crippen LogP contribution in [-0.4, -0.2) is 0 Å². The third kappa shape index (κ3) is 4.74. The van der Waals surface area contributed by atoms with Crippen molar-refractivity contribution >= 4 is 49.8 Å². The lowest BCUT2D eigenvalue weighted by molar-refractivity contribution is 0.673. The van der Waals surface area contributed by atoms with Gasteiger partial charge in [-0.1, -0.05) is 152 Å². The maximum Gasteiger partial charge on any atom is 0.143 e. The van der Waals surface area contributed by atoms with Crippen LogP contribution >= 0.6 is 0 Å². The fourth-order valence-corrected chi connectivity index (χ4v) is 7.09. The molecule has 9 aromatic rings. The fourth-order valence-electron chi connectivity index (χ4n) is 7.09. The van der Waals surface area contributed by atoms with E-state index in [2.05, 4.69) is 193 Å². The number of rotatable bonds is 6. The van der Waals surface area contributed by atoms with Crippen LogP contribution in [0.15, 0.2) is 192 Å². The van der Waals surface area contributed by atoms with Gasteiger partial charge in [0.25, 0.3) is 0 Å². The molecule has 0 atom stereocenters. The van der Waals surface area contributed by atoms with Crippen LogP contribution in [0, 0.1) is 0 Å². The molecule has 0 aliphatic rings. The van der Waals surface area contributed by atoms with Crippen molar-refractivity contribution in [2.75, 3.05) is 4.90 Å². The molecule has 8 aromatic carbocycles. The fraction of sp³-hybridized carbons (Fsp3) is 0. The topological polar surface area (TPSA) is 16.4 Å². The van der Waals surface area contributed by atoms with Crippen LogP contribution in [0.2, 0.25) is 0 Å². The molecule has 0 spiro atoms. The average Bonchev–Trinajstić information content (AvgIpc) is 3.55. The maximum atomic E-state index is 6.78. The normalized spacial score (nSPS) is 11.3. The van der Waals surface area contributed by atoms with E-state index >= 15 is 0 Å². The van der Waals surface area contributed by atoms with Gasteiger partial charge in [-0.05, 0) is 69.8 Å². The Morgan fingerprint density at radius 1 is 0.354 bits per heavy atom. The summed E-state index contributed by atoms with van der Waals surface area (Å²) in [5.74, 6) is 0. The quantitative estimate of drug-likeness (QED) is 0.185. The lowest BCUT2D eigenvalue weighted by Crippen LogP contribution is -2.10. The van der Waals surface area contributed by atoms with Crippen molar-refractivity contribution in [1.82, 2.24) is 0 Å². The number of hydrogen-bond acceptors (Lipinski definition) is 2. The molecule has 226 valence electrons. The van der Waals surface area contributed by atoms with Gasteiger partial charge in [0.15, 0.2) is 0 Å². The summed E-state index contributed by atoms with van der Waals surface area (Å²) in [5, 5.41) is 4.43. The molecule has 0 saturated heterocycles. The number of benzene rings is 8. The molecule has 2 nitrogen and oxygen atoms in total. The summed E-state index contributed by atoms with van der Waals surface area (Å²) in [7, 11) is 0. The molecule has 0 aliphatic heterocycles. The number of hydrogen-bond donors (Lipinski definition) is 0. The van der Waals surface area contributed by atoms with Crippen molar-refractivity contribution < 1.29 is 4.42 Å². The molecule has 0 aliphatic carbocycles. The zero-order valence-electron chi connectivity index (χ0n) is 26.3. The second-order valence-electron chi connectivity index (χ2n) is 12.1. The predicted molar refractivity (Wildman–Crippen MR) is 202 cm³/mol. The third-order valence-corrected chi connectivity index (χ3v) is 9.25. The van der Waals surface area contributed by atoms with Crippen molar-refractivity contribution in [2.45, 2.75) is 0 Å². The standard InChI is InChI=1S/C46H31NO/c1-4-16-32(17-5-1)34-20-14-23-36(30-34)47(35-21-8-3-9-22-35)43-31-42-45-40(38-25-11-10-24-37(38)33-18-6-2-7-19-33)28-15-29-44(45)48-46(42)41-27-13-12-26-39(41)43/h1-31H. The van der Waals surface area contributed by atoms with E-state index < -0.39 is 0 Å². The van der Waals surface area contributed by atoms with Gasteiger partial charge in [-0.15, -0.1) is 0 Å². The van der Waals surface area contributed by atoms with Gasteiger partial charge in [0.2, 0.25) is 0 Å². The van der Waals surface area contributed by atoms with Crippen molar-refractivity contribution in [3.63, 3.8) is 0 Å². The third-order valence-electron chi connectivity index (χ3n) is 9.25. The van der Waals surface area contributed by atoms with E-state index in [1.54, 1.807) is 0 Å². The van der Waals surface area contributed by atoms with Gasteiger partial charge < -0.3 is 9.32 Å². The number of anilines is 3. The highest BCUT2D eigenvalue weighted by molar-refractivity contribution is 6.23. The van der Waals surface area contributed by atoms with E-state index in [9.17, 15) is 0 Å². The summed E-state index contributed by atoms with van der Waals surface area (Å²) in [5.41, 5.74) is 12.2. The molecule has 0 bridgehead atoms. The Morgan fingerprint density at radius 3 is 1.69 bits per heavy atom. The monoisotopic (exact) mass is 613 g/mol. The molecule has 0 fully saturated rings. The molecule has 0 N–H and O–H groups in total. The predicted octanol–water partition coefficient (Wildman–Crippen LogP) is 13.2. The average molecular weight is 614 g/mol. The van der Waals surface area contributed by atoms with Crippen molar-refractivity contribution in [3.8, 4) is 33.4 Å². The van der Waals surface area contributed by atoms with Crippen molar-refractivity contribution in [1.29, 1.82) is 0 Å². The molecule has 1 heterocycles. The Balaban J connectivity index is 1.34. The van der Waals surface area contributed by atoms with Gasteiger partial charge in [0.1, 0.15) is 11.2 Å². The molecule has 48 heavy (non-hydrogen) atoms. The van der Waals surface area contributed by atoms with Crippen LogP contribution in [0.5, 0.6) is 0 Å². The first-order valence-corrected chi connectivity index (χ1v) is 16.4. The van der Waals surface area contributed by atoms with Crippen molar-refractivity contribution in [2.24, 2.45) is 0 Å². The summed E-state index contributed by atoms with van der Waals surface area (Å²) in [6.45, 7) is 0. The largest absolute Gasteiger partial charge is 0.455 e.